The second-order valence-electron chi connectivity index (χ2n) is 7.47. The van der Waals surface area contributed by atoms with Gasteiger partial charge < -0.3 is 19.8 Å². The highest BCUT2D eigenvalue weighted by Gasteiger charge is 2.14. The van der Waals surface area contributed by atoms with Crippen molar-refractivity contribution < 1.29 is 18.7 Å². The van der Waals surface area contributed by atoms with Crippen LogP contribution in [0.2, 0.25) is 0 Å². The van der Waals surface area contributed by atoms with Crippen LogP contribution in [0.3, 0.4) is 0 Å². The molecule has 1 heterocycles. The van der Waals surface area contributed by atoms with Crippen LogP contribution in [-0.4, -0.2) is 18.0 Å². The summed E-state index contributed by atoms with van der Waals surface area (Å²) in [4.78, 5) is 28.5. The molecule has 0 aliphatic carbocycles. The third kappa shape index (κ3) is 6.43. The van der Waals surface area contributed by atoms with E-state index in [0.29, 0.717) is 23.0 Å². The maximum Gasteiger partial charge on any atom is 0.313 e. The average molecular weight is 453 g/mol. The van der Waals surface area contributed by atoms with E-state index in [2.05, 4.69) is 15.6 Å². The van der Waals surface area contributed by atoms with Gasteiger partial charge in [-0.05, 0) is 67.6 Å². The molecule has 170 valence electrons. The lowest BCUT2D eigenvalue weighted by molar-refractivity contribution is -0.136. The number of amides is 2. The zero-order valence-corrected chi connectivity index (χ0v) is 18.5. The molecule has 4 rings (SSSR count). The van der Waals surface area contributed by atoms with E-state index in [1.165, 1.54) is 0 Å². The van der Waals surface area contributed by atoms with E-state index < -0.39 is 11.8 Å². The van der Waals surface area contributed by atoms with Crippen LogP contribution in [-0.2, 0) is 16.1 Å². The summed E-state index contributed by atoms with van der Waals surface area (Å²) in [6.07, 6.45) is 1.59. The average Bonchev–Trinajstić information content (AvgIpc) is 3.32. The molecule has 2 amide bonds. The van der Waals surface area contributed by atoms with Gasteiger partial charge >= 0.3 is 11.8 Å². The summed E-state index contributed by atoms with van der Waals surface area (Å²) in [6, 6.07) is 27.5. The molecule has 0 aliphatic rings. The van der Waals surface area contributed by atoms with Crippen LogP contribution in [0.15, 0.2) is 100 Å². The highest BCUT2D eigenvalue weighted by Crippen LogP contribution is 2.23. The number of nitrogens with one attached hydrogen (secondary N) is 2. The van der Waals surface area contributed by atoms with Crippen LogP contribution in [0.4, 0.5) is 11.4 Å². The number of aliphatic imine (C=N–C) groups is 1. The Morgan fingerprint density at radius 3 is 2.29 bits per heavy atom. The highest BCUT2D eigenvalue weighted by molar-refractivity contribution is 6.39. The number of benzene rings is 3. The van der Waals surface area contributed by atoms with Crippen molar-refractivity contribution in [3.8, 4) is 11.5 Å². The number of anilines is 1. The second kappa shape index (κ2) is 10.8. The number of hydrogen-bond donors (Lipinski definition) is 2. The molecule has 34 heavy (non-hydrogen) atoms. The number of hydrogen-bond acceptors (Lipinski definition) is 5. The molecule has 0 bridgehead atoms. The first-order valence-electron chi connectivity index (χ1n) is 10.7. The summed E-state index contributed by atoms with van der Waals surface area (Å²) in [5.74, 6) is 1.03. The minimum atomic E-state index is -0.745. The van der Waals surface area contributed by atoms with Crippen molar-refractivity contribution in [3.05, 3.63) is 108 Å². The SMILES string of the molecule is Cc1ccc(NC(=O)C(=O)NCc2ccc(C=Nc3ccc(Oc4ccccc4)cc3)o2)cc1. The Hall–Kier alpha value is -4.65. The predicted molar refractivity (Wildman–Crippen MR) is 131 cm³/mol. The Kier molecular flexibility index (Phi) is 7.15. The molecule has 3 aromatic carbocycles. The topological polar surface area (TPSA) is 92.9 Å². The minimum Gasteiger partial charge on any atom is -0.458 e. The lowest BCUT2D eigenvalue weighted by atomic mass is 10.2. The van der Waals surface area contributed by atoms with Crippen molar-refractivity contribution in [2.45, 2.75) is 13.5 Å². The van der Waals surface area contributed by atoms with E-state index in [1.54, 1.807) is 30.5 Å². The van der Waals surface area contributed by atoms with Crippen molar-refractivity contribution in [1.82, 2.24) is 5.32 Å². The van der Waals surface area contributed by atoms with Gasteiger partial charge in [0.25, 0.3) is 0 Å². The largest absolute Gasteiger partial charge is 0.458 e. The van der Waals surface area contributed by atoms with Crippen molar-refractivity contribution in [1.29, 1.82) is 0 Å². The number of ether oxygens (including phenoxy) is 1. The molecule has 0 atom stereocenters. The summed E-state index contributed by atoms with van der Waals surface area (Å²) in [5, 5.41) is 5.10. The number of carbonyl (C=O) groups is 2. The highest BCUT2D eigenvalue weighted by atomic mass is 16.5. The monoisotopic (exact) mass is 453 g/mol. The van der Waals surface area contributed by atoms with Crippen LogP contribution in [0.5, 0.6) is 11.5 Å². The summed E-state index contributed by atoms with van der Waals surface area (Å²) < 4.78 is 11.4. The van der Waals surface area contributed by atoms with Gasteiger partial charge in [0.1, 0.15) is 23.0 Å². The number of carbonyl (C=O) groups excluding carboxylic acids is 2. The van der Waals surface area contributed by atoms with Gasteiger partial charge in [-0.1, -0.05) is 35.9 Å². The van der Waals surface area contributed by atoms with Crippen LogP contribution in [0.25, 0.3) is 0 Å². The number of rotatable bonds is 7. The molecule has 1 aromatic heterocycles. The molecule has 0 aliphatic heterocycles. The van der Waals surface area contributed by atoms with Gasteiger partial charge in [-0.15, -0.1) is 0 Å². The molecule has 0 fully saturated rings. The molecule has 0 unspecified atom stereocenters. The van der Waals surface area contributed by atoms with Crippen LogP contribution in [0.1, 0.15) is 17.1 Å². The first-order chi connectivity index (χ1) is 16.5. The Labute approximate surface area is 197 Å². The van der Waals surface area contributed by atoms with Gasteiger partial charge in [0, 0.05) is 5.69 Å². The molecule has 0 spiro atoms. The van der Waals surface area contributed by atoms with Crippen molar-refractivity contribution in [2.75, 3.05) is 5.32 Å². The van der Waals surface area contributed by atoms with Crippen molar-refractivity contribution in [2.24, 2.45) is 4.99 Å². The first-order valence-corrected chi connectivity index (χ1v) is 10.7. The smallest absolute Gasteiger partial charge is 0.313 e. The first kappa shape index (κ1) is 22.5. The van der Waals surface area contributed by atoms with Gasteiger partial charge in [-0.2, -0.15) is 0 Å². The molecule has 0 saturated carbocycles. The van der Waals surface area contributed by atoms with E-state index in [1.807, 2.05) is 73.7 Å². The predicted octanol–water partition coefficient (Wildman–Crippen LogP) is 5.39. The fourth-order valence-corrected chi connectivity index (χ4v) is 2.99. The molecule has 0 radical (unpaired) electrons. The number of nitrogens with zero attached hydrogens (tertiary/aromatic N) is 1. The minimum absolute atomic E-state index is 0.0829. The Morgan fingerprint density at radius 1 is 0.853 bits per heavy atom. The summed E-state index contributed by atoms with van der Waals surface area (Å²) in [7, 11) is 0. The Morgan fingerprint density at radius 2 is 1.56 bits per heavy atom. The fraction of sp³-hybridized carbons (Fsp3) is 0.0741. The van der Waals surface area contributed by atoms with E-state index in [9.17, 15) is 9.59 Å². The second-order valence-corrected chi connectivity index (χ2v) is 7.47. The molecule has 7 heteroatoms. The molecule has 4 aromatic rings. The lowest BCUT2D eigenvalue weighted by Crippen LogP contribution is -2.34. The normalized spacial score (nSPS) is 10.7. The molecular formula is C27H23N3O4. The molecular weight excluding hydrogens is 430 g/mol. The molecule has 7 nitrogen and oxygen atoms in total. The van der Waals surface area contributed by atoms with E-state index >= 15 is 0 Å². The maximum absolute atomic E-state index is 12.0. The lowest BCUT2D eigenvalue weighted by Gasteiger charge is -2.05. The van der Waals surface area contributed by atoms with Gasteiger partial charge in [0.15, 0.2) is 0 Å². The quantitative estimate of drug-likeness (QED) is 0.290. The molecule has 2 N–H and O–H groups in total. The summed E-state index contributed by atoms with van der Waals surface area (Å²) >= 11 is 0. The Bertz CT molecular complexity index is 1280. The number of aryl methyl sites for hydroxylation is 1. The zero-order valence-electron chi connectivity index (χ0n) is 18.5. The van der Waals surface area contributed by atoms with Gasteiger partial charge in [-0.3, -0.25) is 14.6 Å². The van der Waals surface area contributed by atoms with Crippen molar-refractivity contribution >= 4 is 29.4 Å². The van der Waals surface area contributed by atoms with Gasteiger partial charge in [0.05, 0.1) is 18.4 Å². The van der Waals surface area contributed by atoms with Gasteiger partial charge in [-0.25, -0.2) is 0 Å². The standard InChI is InChI=1S/C27H23N3O4/c1-19-7-9-21(10-8-19)30-27(32)26(31)29-18-25-16-15-24(34-25)17-28-20-11-13-23(14-12-20)33-22-5-3-2-4-6-22/h2-17H,18H2,1H3,(H,29,31)(H,30,32). The Balaban J connectivity index is 1.26. The zero-order chi connectivity index (χ0) is 23.8. The van der Waals surface area contributed by atoms with Crippen molar-refractivity contribution in [3.63, 3.8) is 0 Å². The van der Waals surface area contributed by atoms with Crippen LogP contribution >= 0.6 is 0 Å². The van der Waals surface area contributed by atoms with Gasteiger partial charge in [0.2, 0.25) is 0 Å². The third-order valence-electron chi connectivity index (χ3n) is 4.78. The van der Waals surface area contributed by atoms with Crippen LogP contribution in [0, 0.1) is 6.92 Å². The van der Waals surface area contributed by atoms with E-state index in [-0.39, 0.29) is 6.54 Å². The third-order valence-corrected chi connectivity index (χ3v) is 4.78. The maximum atomic E-state index is 12.0. The summed E-state index contributed by atoms with van der Waals surface area (Å²) in [6.45, 7) is 2.03. The van der Waals surface area contributed by atoms with E-state index in [4.69, 9.17) is 9.15 Å². The summed E-state index contributed by atoms with van der Waals surface area (Å²) in [5.41, 5.74) is 2.36. The van der Waals surface area contributed by atoms with E-state index in [0.717, 1.165) is 17.0 Å². The fourth-order valence-electron chi connectivity index (χ4n) is 2.99. The number of furan rings is 1. The molecule has 0 saturated heterocycles. The number of para-hydroxylation sites is 1. The van der Waals surface area contributed by atoms with Crippen LogP contribution < -0.4 is 15.4 Å².